The van der Waals surface area contributed by atoms with Gasteiger partial charge in [0.2, 0.25) is 0 Å². The summed E-state index contributed by atoms with van der Waals surface area (Å²) in [4.78, 5) is 0. The minimum absolute atomic E-state index is 0.593. The van der Waals surface area contributed by atoms with Gasteiger partial charge in [-0.1, -0.05) is 83.7 Å². The molecule has 92 valence electrons. The Balaban J connectivity index is 2.09. The van der Waals surface area contributed by atoms with Gasteiger partial charge >= 0.3 is 0 Å². The van der Waals surface area contributed by atoms with Crippen LogP contribution >= 0.6 is 0 Å². The van der Waals surface area contributed by atoms with E-state index in [0.717, 1.165) is 24.4 Å². The van der Waals surface area contributed by atoms with Crippen molar-refractivity contribution in [2.75, 3.05) is 0 Å². The van der Waals surface area contributed by atoms with E-state index in [-0.39, 0.29) is 0 Å². The van der Waals surface area contributed by atoms with E-state index >= 15 is 0 Å². The summed E-state index contributed by atoms with van der Waals surface area (Å²) < 4.78 is 0. The summed E-state index contributed by atoms with van der Waals surface area (Å²) in [5.74, 6) is 3.14. The highest BCUT2D eigenvalue weighted by atomic mass is 14.3. The smallest absolute Gasteiger partial charge is 0.0732 e. The van der Waals surface area contributed by atoms with Crippen molar-refractivity contribution >= 4 is 6.71 Å². The van der Waals surface area contributed by atoms with Crippen molar-refractivity contribution in [2.45, 2.75) is 83.7 Å². The van der Waals surface area contributed by atoms with Crippen LogP contribution in [0.5, 0.6) is 0 Å². The standard InChI is InChI=1S/C15H29B/c1-5-9-15(3,4)16-10-8-13-7-6-12(2)14(16)11-13/h12-14H,5-11H2,1-4H3. The highest BCUT2D eigenvalue weighted by molar-refractivity contribution is 6.64. The normalized spacial score (nSPS) is 35.2. The Morgan fingerprint density at radius 2 is 1.94 bits per heavy atom. The molecule has 1 heterocycles. The average Bonchev–Trinajstić information content (AvgIpc) is 2.24. The second kappa shape index (κ2) is 4.74. The van der Waals surface area contributed by atoms with Crippen LogP contribution in [0.2, 0.25) is 17.5 Å². The van der Waals surface area contributed by atoms with Crippen LogP contribution in [0.25, 0.3) is 0 Å². The molecule has 0 radical (unpaired) electrons. The first-order chi connectivity index (χ1) is 7.54. The molecule has 0 aromatic heterocycles. The van der Waals surface area contributed by atoms with Crippen molar-refractivity contribution in [3.63, 3.8) is 0 Å². The maximum atomic E-state index is 2.53. The van der Waals surface area contributed by atoms with Gasteiger partial charge in [-0.25, -0.2) is 0 Å². The molecule has 3 atom stereocenters. The molecule has 1 heteroatoms. The molecule has 0 N–H and O–H groups in total. The van der Waals surface area contributed by atoms with E-state index in [0.29, 0.717) is 5.31 Å². The van der Waals surface area contributed by atoms with Gasteiger partial charge in [-0.05, 0) is 11.8 Å². The van der Waals surface area contributed by atoms with Gasteiger partial charge in [0.25, 0.3) is 0 Å². The van der Waals surface area contributed by atoms with Gasteiger partial charge < -0.3 is 0 Å². The molecule has 1 saturated heterocycles. The van der Waals surface area contributed by atoms with Crippen LogP contribution in [-0.4, -0.2) is 6.71 Å². The van der Waals surface area contributed by atoms with E-state index in [2.05, 4.69) is 27.7 Å². The summed E-state index contributed by atoms with van der Waals surface area (Å²) >= 11 is 0. The summed E-state index contributed by atoms with van der Waals surface area (Å²) in [5, 5.41) is 0.593. The van der Waals surface area contributed by atoms with Crippen LogP contribution in [-0.2, 0) is 0 Å². The van der Waals surface area contributed by atoms with Crippen molar-refractivity contribution < 1.29 is 0 Å². The van der Waals surface area contributed by atoms with Crippen LogP contribution in [0.3, 0.4) is 0 Å². The molecular formula is C15H29B. The van der Waals surface area contributed by atoms with Gasteiger partial charge in [-0.3, -0.25) is 0 Å². The van der Waals surface area contributed by atoms with Crippen LogP contribution < -0.4 is 0 Å². The lowest BCUT2D eigenvalue weighted by Gasteiger charge is -2.48. The van der Waals surface area contributed by atoms with Gasteiger partial charge in [0.15, 0.2) is 0 Å². The van der Waals surface area contributed by atoms with Crippen molar-refractivity contribution in [2.24, 2.45) is 11.8 Å². The monoisotopic (exact) mass is 220 g/mol. The Bertz CT molecular complexity index is 234. The fourth-order valence-corrected chi connectivity index (χ4v) is 4.70. The molecule has 2 bridgehead atoms. The highest BCUT2D eigenvalue weighted by Crippen LogP contribution is 2.54. The van der Waals surface area contributed by atoms with Crippen molar-refractivity contribution in [3.8, 4) is 0 Å². The van der Waals surface area contributed by atoms with E-state index in [1.165, 1.54) is 38.4 Å². The van der Waals surface area contributed by atoms with Crippen molar-refractivity contribution in [3.05, 3.63) is 0 Å². The largest absolute Gasteiger partial charge is 0.149 e. The van der Waals surface area contributed by atoms with Crippen molar-refractivity contribution in [1.29, 1.82) is 0 Å². The van der Waals surface area contributed by atoms with Crippen LogP contribution in [0.1, 0.15) is 66.2 Å². The quantitative estimate of drug-likeness (QED) is 0.568. The second-order valence-corrected chi connectivity index (χ2v) is 7.24. The third-order valence-corrected chi connectivity index (χ3v) is 5.67. The predicted octanol–water partition coefficient (Wildman–Crippen LogP) is 5.27. The van der Waals surface area contributed by atoms with E-state index < -0.39 is 0 Å². The van der Waals surface area contributed by atoms with E-state index in [1.807, 2.05) is 0 Å². The molecule has 16 heavy (non-hydrogen) atoms. The summed E-state index contributed by atoms with van der Waals surface area (Å²) in [6.45, 7) is 10.9. The molecule has 0 aromatic rings. The minimum atomic E-state index is 0.593. The minimum Gasteiger partial charge on any atom is -0.0732 e. The lowest BCUT2D eigenvalue weighted by atomic mass is 9.21. The van der Waals surface area contributed by atoms with Gasteiger partial charge in [0.05, 0.1) is 0 Å². The zero-order valence-electron chi connectivity index (χ0n) is 11.8. The lowest BCUT2D eigenvalue weighted by molar-refractivity contribution is 0.257. The predicted molar refractivity (Wildman–Crippen MR) is 74.4 cm³/mol. The third-order valence-electron chi connectivity index (χ3n) is 5.67. The molecule has 1 saturated carbocycles. The zero-order valence-corrected chi connectivity index (χ0v) is 11.8. The third kappa shape index (κ3) is 2.34. The summed E-state index contributed by atoms with van der Waals surface area (Å²) in [5.41, 5.74) is 0. The Kier molecular flexibility index (Phi) is 3.71. The number of hydrogen-bond acceptors (Lipinski definition) is 0. The summed E-state index contributed by atoms with van der Waals surface area (Å²) in [7, 11) is 0. The molecule has 2 rings (SSSR count). The van der Waals surface area contributed by atoms with Gasteiger partial charge in [-0.15, -0.1) is 0 Å². The first-order valence-electron chi connectivity index (χ1n) is 7.54. The molecule has 0 nitrogen and oxygen atoms in total. The maximum absolute atomic E-state index is 2.53. The molecule has 2 fully saturated rings. The van der Waals surface area contributed by atoms with E-state index in [1.54, 1.807) is 6.42 Å². The van der Waals surface area contributed by atoms with Crippen molar-refractivity contribution in [1.82, 2.24) is 0 Å². The molecule has 3 unspecified atom stereocenters. The Morgan fingerprint density at radius 1 is 1.19 bits per heavy atom. The number of hydrogen-bond donors (Lipinski definition) is 0. The molecular weight excluding hydrogens is 191 g/mol. The Labute approximate surface area is 103 Å². The Morgan fingerprint density at radius 3 is 2.62 bits per heavy atom. The molecule has 0 spiro atoms. The molecule has 0 amide bonds. The average molecular weight is 220 g/mol. The lowest BCUT2D eigenvalue weighted by Crippen LogP contribution is -2.42. The first kappa shape index (κ1) is 12.5. The topological polar surface area (TPSA) is 0 Å². The molecule has 0 aromatic carbocycles. The Hall–Kier alpha value is 0.0649. The molecule has 2 aliphatic rings. The fraction of sp³-hybridized carbons (Fsp3) is 1.00. The van der Waals surface area contributed by atoms with E-state index in [9.17, 15) is 0 Å². The maximum Gasteiger partial charge on any atom is 0.149 e. The van der Waals surface area contributed by atoms with Gasteiger partial charge in [-0.2, -0.15) is 0 Å². The summed E-state index contributed by atoms with van der Waals surface area (Å²) in [6.07, 6.45) is 10.4. The molecule has 1 aliphatic heterocycles. The molecule has 1 aliphatic carbocycles. The van der Waals surface area contributed by atoms with Gasteiger partial charge in [0, 0.05) is 0 Å². The number of rotatable bonds is 3. The first-order valence-corrected chi connectivity index (χ1v) is 7.54. The zero-order chi connectivity index (χ0) is 11.8. The SMILES string of the molecule is CCCC(C)(C)B1CCC2CCC(C)C1C2. The van der Waals surface area contributed by atoms with Crippen LogP contribution in [0, 0.1) is 11.8 Å². The van der Waals surface area contributed by atoms with Gasteiger partial charge in [0.1, 0.15) is 6.71 Å². The van der Waals surface area contributed by atoms with Crippen LogP contribution in [0.15, 0.2) is 0 Å². The highest BCUT2D eigenvalue weighted by Gasteiger charge is 2.45. The number of fused-ring (bicyclic) bond motifs is 2. The fourth-order valence-electron chi connectivity index (χ4n) is 4.70. The summed E-state index contributed by atoms with van der Waals surface area (Å²) in [6, 6.07) is 0. The second-order valence-electron chi connectivity index (χ2n) is 7.24. The van der Waals surface area contributed by atoms with Crippen LogP contribution in [0.4, 0.5) is 0 Å². The van der Waals surface area contributed by atoms with E-state index in [4.69, 9.17) is 0 Å².